The summed E-state index contributed by atoms with van der Waals surface area (Å²) in [7, 11) is 4.00. The van der Waals surface area contributed by atoms with Gasteiger partial charge in [0.05, 0.1) is 12.2 Å². The van der Waals surface area contributed by atoms with E-state index in [4.69, 9.17) is 9.97 Å². The lowest BCUT2D eigenvalue weighted by Crippen LogP contribution is -2.44. The fourth-order valence-corrected chi connectivity index (χ4v) is 3.68. The van der Waals surface area contributed by atoms with Crippen LogP contribution in [0.3, 0.4) is 0 Å². The predicted molar refractivity (Wildman–Crippen MR) is 98.9 cm³/mol. The van der Waals surface area contributed by atoms with Gasteiger partial charge in [-0.1, -0.05) is 0 Å². The molecule has 8 heteroatoms. The smallest absolute Gasteiger partial charge is 0.241 e. The van der Waals surface area contributed by atoms with Crippen molar-refractivity contribution in [2.24, 2.45) is 0 Å². The average Bonchev–Trinajstić information content (AvgIpc) is 2.65. The molecule has 0 bridgehead atoms. The number of hydrogen-bond donors (Lipinski definition) is 2. The number of fused-ring (bicyclic) bond motifs is 1. The number of anilines is 1. The van der Waals surface area contributed by atoms with E-state index in [1.54, 1.807) is 0 Å². The summed E-state index contributed by atoms with van der Waals surface area (Å²) in [5.74, 6) is 1.64. The SMILES string of the molecule is CNc1nc([C@@H]2CCCN(C(=O)CNC(C)=O)C2)nc2c1CN(C)CC2. The average molecular weight is 360 g/mol. The highest BCUT2D eigenvalue weighted by molar-refractivity contribution is 5.83. The first-order valence-electron chi connectivity index (χ1n) is 9.26. The maximum atomic E-state index is 12.3. The van der Waals surface area contributed by atoms with Gasteiger partial charge in [-0.25, -0.2) is 9.97 Å². The lowest BCUT2D eigenvalue weighted by Gasteiger charge is -2.33. The molecule has 0 unspecified atom stereocenters. The molecule has 1 aromatic rings. The van der Waals surface area contributed by atoms with E-state index in [1.165, 1.54) is 12.5 Å². The van der Waals surface area contributed by atoms with Crippen LogP contribution in [-0.2, 0) is 22.6 Å². The third kappa shape index (κ3) is 4.12. The first-order chi connectivity index (χ1) is 12.5. The van der Waals surface area contributed by atoms with E-state index < -0.39 is 0 Å². The van der Waals surface area contributed by atoms with Gasteiger partial charge in [0.15, 0.2) is 0 Å². The number of likely N-dealkylation sites (N-methyl/N-ethyl adjacent to an activating group) is 1. The summed E-state index contributed by atoms with van der Waals surface area (Å²) in [5.41, 5.74) is 2.30. The van der Waals surface area contributed by atoms with Crippen molar-refractivity contribution in [3.05, 3.63) is 17.1 Å². The molecule has 26 heavy (non-hydrogen) atoms. The topological polar surface area (TPSA) is 90.5 Å². The van der Waals surface area contributed by atoms with Gasteiger partial charge in [-0.3, -0.25) is 9.59 Å². The Morgan fingerprint density at radius 1 is 1.27 bits per heavy atom. The number of carbonyl (C=O) groups excluding carboxylic acids is 2. The van der Waals surface area contributed by atoms with Crippen molar-refractivity contribution in [1.82, 2.24) is 25.1 Å². The van der Waals surface area contributed by atoms with Gasteiger partial charge in [0.1, 0.15) is 11.6 Å². The Morgan fingerprint density at radius 3 is 2.81 bits per heavy atom. The Morgan fingerprint density at radius 2 is 2.08 bits per heavy atom. The molecule has 2 aliphatic heterocycles. The zero-order valence-corrected chi connectivity index (χ0v) is 15.8. The van der Waals surface area contributed by atoms with Crippen LogP contribution < -0.4 is 10.6 Å². The van der Waals surface area contributed by atoms with Gasteiger partial charge in [0.2, 0.25) is 11.8 Å². The van der Waals surface area contributed by atoms with Crippen LogP contribution in [0.1, 0.15) is 42.8 Å². The van der Waals surface area contributed by atoms with Crippen LogP contribution in [-0.4, -0.2) is 71.9 Å². The van der Waals surface area contributed by atoms with Crippen LogP contribution in [0.2, 0.25) is 0 Å². The molecule has 2 N–H and O–H groups in total. The summed E-state index contributed by atoms with van der Waals surface area (Å²) in [5, 5.41) is 5.80. The number of rotatable bonds is 4. The normalized spacial score (nSPS) is 20.4. The predicted octanol–water partition coefficient (Wildman–Crippen LogP) is 0.348. The summed E-state index contributed by atoms with van der Waals surface area (Å²) in [4.78, 5) is 37.1. The van der Waals surface area contributed by atoms with E-state index in [0.29, 0.717) is 6.54 Å². The van der Waals surface area contributed by atoms with Crippen molar-refractivity contribution in [2.45, 2.75) is 38.6 Å². The first-order valence-corrected chi connectivity index (χ1v) is 9.26. The minimum absolute atomic E-state index is 0.0432. The molecule has 0 radical (unpaired) electrons. The molecule has 1 saturated heterocycles. The lowest BCUT2D eigenvalue weighted by atomic mass is 9.96. The van der Waals surface area contributed by atoms with Crippen molar-refractivity contribution < 1.29 is 9.59 Å². The van der Waals surface area contributed by atoms with Crippen LogP contribution in [0, 0.1) is 0 Å². The fourth-order valence-electron chi connectivity index (χ4n) is 3.68. The highest BCUT2D eigenvalue weighted by atomic mass is 16.2. The van der Waals surface area contributed by atoms with Gasteiger partial charge >= 0.3 is 0 Å². The second-order valence-corrected chi connectivity index (χ2v) is 7.18. The molecule has 2 aliphatic rings. The Labute approximate surface area is 154 Å². The molecule has 3 heterocycles. The Bertz CT molecular complexity index is 675. The molecule has 0 aliphatic carbocycles. The summed E-state index contributed by atoms with van der Waals surface area (Å²) in [6, 6.07) is 0. The van der Waals surface area contributed by atoms with Crippen LogP contribution in [0.15, 0.2) is 0 Å². The number of carbonyl (C=O) groups is 2. The summed E-state index contributed by atoms with van der Waals surface area (Å²) in [6.07, 6.45) is 2.83. The molecular weight excluding hydrogens is 332 g/mol. The quantitative estimate of drug-likeness (QED) is 0.805. The maximum absolute atomic E-state index is 12.3. The Balaban J connectivity index is 1.76. The second kappa shape index (κ2) is 7.99. The van der Waals surface area contributed by atoms with Gasteiger partial charge in [-0.2, -0.15) is 0 Å². The van der Waals surface area contributed by atoms with E-state index in [0.717, 1.165) is 56.2 Å². The first kappa shape index (κ1) is 18.6. The molecule has 142 valence electrons. The van der Waals surface area contributed by atoms with Crippen LogP contribution in [0.5, 0.6) is 0 Å². The molecular formula is C18H28N6O2. The van der Waals surface area contributed by atoms with Crippen LogP contribution in [0.4, 0.5) is 5.82 Å². The van der Waals surface area contributed by atoms with Crippen molar-refractivity contribution in [3.8, 4) is 0 Å². The van der Waals surface area contributed by atoms with Crippen molar-refractivity contribution >= 4 is 17.6 Å². The Hall–Kier alpha value is -2.22. The van der Waals surface area contributed by atoms with E-state index >= 15 is 0 Å². The van der Waals surface area contributed by atoms with Gasteiger partial charge in [0.25, 0.3) is 0 Å². The number of amides is 2. The van der Waals surface area contributed by atoms with E-state index in [-0.39, 0.29) is 24.3 Å². The van der Waals surface area contributed by atoms with Crippen LogP contribution >= 0.6 is 0 Å². The van der Waals surface area contributed by atoms with Crippen molar-refractivity contribution in [3.63, 3.8) is 0 Å². The molecule has 0 aromatic carbocycles. The largest absolute Gasteiger partial charge is 0.373 e. The minimum Gasteiger partial charge on any atom is -0.373 e. The summed E-state index contributed by atoms with van der Waals surface area (Å²) < 4.78 is 0. The third-order valence-corrected chi connectivity index (χ3v) is 5.13. The zero-order chi connectivity index (χ0) is 18.7. The molecule has 1 aromatic heterocycles. The van der Waals surface area contributed by atoms with Gasteiger partial charge < -0.3 is 20.4 Å². The Kier molecular flexibility index (Phi) is 5.70. The maximum Gasteiger partial charge on any atom is 0.241 e. The lowest BCUT2D eigenvalue weighted by molar-refractivity contribution is -0.133. The molecule has 2 amide bonds. The van der Waals surface area contributed by atoms with Crippen molar-refractivity contribution in [2.75, 3.05) is 45.6 Å². The zero-order valence-electron chi connectivity index (χ0n) is 15.8. The number of hydrogen-bond acceptors (Lipinski definition) is 6. The second-order valence-electron chi connectivity index (χ2n) is 7.18. The number of likely N-dealkylation sites (tertiary alicyclic amines) is 1. The van der Waals surface area contributed by atoms with Gasteiger partial charge in [0, 0.05) is 58.1 Å². The molecule has 8 nitrogen and oxygen atoms in total. The molecule has 0 spiro atoms. The standard InChI is InChI=1S/C18H28N6O2/c1-12(25)20-9-16(26)24-7-4-5-13(10-24)17-21-15-6-8-23(3)11-14(15)18(19-2)22-17/h13H,4-11H2,1-3H3,(H,20,25)(H,19,21,22)/t13-/m1/s1. The molecule has 1 fully saturated rings. The number of piperidine rings is 1. The van der Waals surface area contributed by atoms with E-state index in [9.17, 15) is 9.59 Å². The van der Waals surface area contributed by atoms with E-state index in [1.807, 2.05) is 11.9 Å². The summed E-state index contributed by atoms with van der Waals surface area (Å²) >= 11 is 0. The van der Waals surface area contributed by atoms with Gasteiger partial charge in [-0.15, -0.1) is 0 Å². The van der Waals surface area contributed by atoms with E-state index in [2.05, 4.69) is 22.6 Å². The number of nitrogens with zero attached hydrogens (tertiary/aromatic N) is 4. The van der Waals surface area contributed by atoms with Crippen molar-refractivity contribution in [1.29, 1.82) is 0 Å². The third-order valence-electron chi connectivity index (χ3n) is 5.13. The minimum atomic E-state index is -0.187. The van der Waals surface area contributed by atoms with Gasteiger partial charge in [-0.05, 0) is 19.9 Å². The molecule has 1 atom stereocenters. The monoisotopic (exact) mass is 360 g/mol. The number of nitrogens with one attached hydrogen (secondary N) is 2. The highest BCUT2D eigenvalue weighted by Crippen LogP contribution is 2.29. The number of aromatic nitrogens is 2. The fraction of sp³-hybridized carbons (Fsp3) is 0.667. The molecule has 0 saturated carbocycles. The summed E-state index contributed by atoms with van der Waals surface area (Å²) in [6.45, 7) is 4.67. The molecule has 3 rings (SSSR count). The van der Waals surface area contributed by atoms with Crippen LogP contribution in [0.25, 0.3) is 0 Å². The highest BCUT2D eigenvalue weighted by Gasteiger charge is 2.29.